The molecule has 0 atom stereocenters. The van der Waals surface area contributed by atoms with Gasteiger partial charge in [0.05, 0.1) is 6.61 Å². The molecule has 0 saturated heterocycles. The number of hydrogen-bond donors (Lipinski definition) is 1. The van der Waals surface area contributed by atoms with Gasteiger partial charge >= 0.3 is 7.32 Å². The third kappa shape index (κ3) is 6.60. The molecule has 0 aliphatic carbocycles. The van der Waals surface area contributed by atoms with Gasteiger partial charge in [0.15, 0.2) is 0 Å². The average molecular weight is 430 g/mol. The third-order valence-corrected chi connectivity index (χ3v) is 5.02. The summed E-state index contributed by atoms with van der Waals surface area (Å²) < 4.78 is 17.6. The van der Waals surface area contributed by atoms with Gasteiger partial charge in [0.1, 0.15) is 11.5 Å². The molecule has 7 heteroatoms. The molecule has 0 bridgehead atoms. The standard InChI is InChI=1S/C22H22BCl2NO3/c1-16-8-10-19(14-21(16)24)28-23(29-20-11-9-17(2)22(25)15-20)27-13-12-26-18-6-4-3-5-7-18/h3-11,14-15,26H,12-13H2,1-2H3. The Morgan fingerprint density at radius 3 is 1.86 bits per heavy atom. The highest BCUT2D eigenvalue weighted by molar-refractivity contribution is 6.38. The summed E-state index contributed by atoms with van der Waals surface area (Å²) in [7, 11) is -0.954. The summed E-state index contributed by atoms with van der Waals surface area (Å²) in [6.45, 7) is 4.83. The monoisotopic (exact) mass is 429 g/mol. The van der Waals surface area contributed by atoms with Crippen LogP contribution in [0.5, 0.6) is 11.5 Å². The molecule has 0 aliphatic rings. The first-order chi connectivity index (χ1) is 14.0. The van der Waals surface area contributed by atoms with E-state index < -0.39 is 7.32 Å². The molecule has 29 heavy (non-hydrogen) atoms. The van der Waals surface area contributed by atoms with Gasteiger partial charge in [0, 0.05) is 22.3 Å². The summed E-state index contributed by atoms with van der Waals surface area (Å²) in [6, 6.07) is 20.8. The zero-order valence-corrected chi connectivity index (χ0v) is 17.8. The highest BCUT2D eigenvalue weighted by Gasteiger charge is 2.27. The number of para-hydroxylation sites is 1. The first kappa shape index (κ1) is 21.4. The summed E-state index contributed by atoms with van der Waals surface area (Å²) in [4.78, 5) is 0. The molecule has 0 radical (unpaired) electrons. The Morgan fingerprint density at radius 1 is 0.793 bits per heavy atom. The number of halogens is 2. The molecule has 0 spiro atoms. The number of anilines is 1. The highest BCUT2D eigenvalue weighted by Crippen LogP contribution is 2.25. The van der Waals surface area contributed by atoms with E-state index in [2.05, 4.69) is 5.32 Å². The van der Waals surface area contributed by atoms with Gasteiger partial charge in [-0.2, -0.15) is 0 Å². The summed E-state index contributed by atoms with van der Waals surface area (Å²) in [5, 5.41) is 4.51. The van der Waals surface area contributed by atoms with Crippen LogP contribution in [0, 0.1) is 13.8 Å². The number of rotatable bonds is 9. The van der Waals surface area contributed by atoms with E-state index in [0.717, 1.165) is 16.8 Å². The zero-order chi connectivity index (χ0) is 20.6. The van der Waals surface area contributed by atoms with Gasteiger partial charge in [0.25, 0.3) is 0 Å². The van der Waals surface area contributed by atoms with Crippen molar-refractivity contribution in [2.45, 2.75) is 13.8 Å². The first-order valence-corrected chi connectivity index (χ1v) is 10.0. The van der Waals surface area contributed by atoms with E-state index in [9.17, 15) is 0 Å². The van der Waals surface area contributed by atoms with Crippen molar-refractivity contribution in [1.82, 2.24) is 0 Å². The van der Waals surface area contributed by atoms with Crippen LogP contribution in [0.2, 0.25) is 10.0 Å². The molecule has 1 N–H and O–H groups in total. The fourth-order valence-corrected chi connectivity index (χ4v) is 2.86. The maximum Gasteiger partial charge on any atom is 0.788 e. The minimum atomic E-state index is -0.954. The van der Waals surface area contributed by atoms with E-state index in [1.54, 1.807) is 12.1 Å². The Bertz CT molecular complexity index is 887. The Balaban J connectivity index is 1.64. The predicted octanol–water partition coefficient (Wildman–Crippen LogP) is 6.18. The molecule has 3 rings (SSSR count). The lowest BCUT2D eigenvalue weighted by atomic mass is 10.1. The molecule has 0 fully saturated rings. The van der Waals surface area contributed by atoms with Crippen LogP contribution in [0.3, 0.4) is 0 Å². The Kier molecular flexibility index (Phi) is 7.70. The van der Waals surface area contributed by atoms with E-state index in [0.29, 0.717) is 34.7 Å². The fraction of sp³-hybridized carbons (Fsp3) is 0.182. The van der Waals surface area contributed by atoms with Crippen molar-refractivity contribution in [3.8, 4) is 11.5 Å². The predicted molar refractivity (Wildman–Crippen MR) is 120 cm³/mol. The second-order valence-electron chi connectivity index (χ2n) is 6.51. The van der Waals surface area contributed by atoms with Crippen molar-refractivity contribution in [3.63, 3.8) is 0 Å². The number of benzene rings is 3. The van der Waals surface area contributed by atoms with Crippen LogP contribution in [0.4, 0.5) is 5.69 Å². The first-order valence-electron chi connectivity index (χ1n) is 9.27. The minimum absolute atomic E-state index is 0.374. The number of nitrogens with one attached hydrogen (secondary N) is 1. The van der Waals surface area contributed by atoms with Gasteiger partial charge in [-0.3, -0.25) is 0 Å². The van der Waals surface area contributed by atoms with E-state index in [1.807, 2.05) is 68.4 Å². The molecular formula is C22H22BCl2NO3. The zero-order valence-electron chi connectivity index (χ0n) is 16.3. The van der Waals surface area contributed by atoms with E-state index >= 15 is 0 Å². The van der Waals surface area contributed by atoms with Crippen LogP contribution in [0.25, 0.3) is 0 Å². The topological polar surface area (TPSA) is 39.7 Å². The summed E-state index contributed by atoms with van der Waals surface area (Å²) in [5.41, 5.74) is 2.95. The quantitative estimate of drug-likeness (QED) is 0.325. The van der Waals surface area contributed by atoms with Gasteiger partial charge in [0.2, 0.25) is 0 Å². The molecule has 3 aromatic carbocycles. The van der Waals surface area contributed by atoms with Crippen LogP contribution >= 0.6 is 23.2 Å². The van der Waals surface area contributed by atoms with Crippen LogP contribution < -0.4 is 14.6 Å². The largest absolute Gasteiger partial charge is 0.788 e. The van der Waals surface area contributed by atoms with Crippen LogP contribution in [-0.4, -0.2) is 20.5 Å². The molecule has 3 aromatic rings. The molecule has 0 heterocycles. The van der Waals surface area contributed by atoms with Crippen molar-refractivity contribution in [2.24, 2.45) is 0 Å². The summed E-state index contributed by atoms with van der Waals surface area (Å²) in [5.74, 6) is 1.11. The normalized spacial score (nSPS) is 10.5. The highest BCUT2D eigenvalue weighted by atomic mass is 35.5. The SMILES string of the molecule is Cc1ccc(OB(OCCNc2ccccc2)Oc2ccc(C)c(Cl)c2)cc1Cl. The Labute approximate surface area is 181 Å². The molecule has 0 amide bonds. The minimum Gasteiger partial charge on any atom is -0.501 e. The lowest BCUT2D eigenvalue weighted by Crippen LogP contribution is -2.35. The molecular weight excluding hydrogens is 408 g/mol. The van der Waals surface area contributed by atoms with Gasteiger partial charge in [-0.25, -0.2) is 0 Å². The van der Waals surface area contributed by atoms with Crippen molar-refractivity contribution in [1.29, 1.82) is 0 Å². The average Bonchev–Trinajstić information content (AvgIpc) is 2.71. The van der Waals surface area contributed by atoms with Crippen molar-refractivity contribution in [3.05, 3.63) is 87.9 Å². The van der Waals surface area contributed by atoms with Crippen molar-refractivity contribution in [2.75, 3.05) is 18.5 Å². The van der Waals surface area contributed by atoms with E-state index in [-0.39, 0.29) is 0 Å². The third-order valence-electron chi connectivity index (χ3n) is 4.21. The smallest absolute Gasteiger partial charge is 0.501 e. The lowest BCUT2D eigenvalue weighted by Gasteiger charge is -2.17. The fourth-order valence-electron chi connectivity index (χ4n) is 2.51. The number of hydrogen-bond acceptors (Lipinski definition) is 4. The maximum atomic E-state index is 6.20. The Morgan fingerprint density at radius 2 is 1.34 bits per heavy atom. The van der Waals surface area contributed by atoms with Crippen molar-refractivity contribution < 1.29 is 14.0 Å². The van der Waals surface area contributed by atoms with Gasteiger partial charge in [-0.15, -0.1) is 0 Å². The van der Waals surface area contributed by atoms with Crippen LogP contribution in [0.15, 0.2) is 66.7 Å². The van der Waals surface area contributed by atoms with Gasteiger partial charge in [-0.1, -0.05) is 53.5 Å². The number of aryl methyl sites for hydroxylation is 2. The molecule has 0 aromatic heterocycles. The van der Waals surface area contributed by atoms with E-state index in [1.165, 1.54) is 0 Å². The lowest BCUT2D eigenvalue weighted by molar-refractivity contribution is 0.209. The van der Waals surface area contributed by atoms with Crippen LogP contribution in [0.1, 0.15) is 11.1 Å². The Hall–Kier alpha value is -2.34. The molecule has 0 saturated carbocycles. The molecule has 0 aliphatic heterocycles. The van der Waals surface area contributed by atoms with Crippen LogP contribution in [-0.2, 0) is 4.65 Å². The summed E-state index contributed by atoms with van der Waals surface area (Å²) in [6.07, 6.45) is 0. The molecule has 150 valence electrons. The molecule has 0 unspecified atom stereocenters. The second-order valence-corrected chi connectivity index (χ2v) is 7.32. The maximum absolute atomic E-state index is 6.20. The summed E-state index contributed by atoms with van der Waals surface area (Å²) >= 11 is 12.4. The van der Waals surface area contributed by atoms with Gasteiger partial charge < -0.3 is 19.3 Å². The second kappa shape index (κ2) is 10.4. The van der Waals surface area contributed by atoms with E-state index in [4.69, 9.17) is 37.2 Å². The van der Waals surface area contributed by atoms with Gasteiger partial charge in [-0.05, 0) is 61.4 Å². The molecule has 4 nitrogen and oxygen atoms in total. The van der Waals surface area contributed by atoms with Crippen molar-refractivity contribution >= 4 is 36.2 Å².